The van der Waals surface area contributed by atoms with Gasteiger partial charge in [0.05, 0.1) is 18.2 Å². The van der Waals surface area contributed by atoms with Crippen LogP contribution in [-0.2, 0) is 9.53 Å². The van der Waals surface area contributed by atoms with Crippen molar-refractivity contribution in [2.45, 2.75) is 26.3 Å². The minimum Gasteiger partial charge on any atom is -0.462 e. The number of benzene rings is 1. The molecule has 0 radical (unpaired) electrons. The van der Waals surface area contributed by atoms with Crippen LogP contribution in [0.25, 0.3) is 0 Å². The summed E-state index contributed by atoms with van der Waals surface area (Å²) in [5.41, 5.74) is 1.65. The Hall–Kier alpha value is -2.01. The van der Waals surface area contributed by atoms with Gasteiger partial charge >= 0.3 is 12.0 Å². The topological polar surface area (TPSA) is 58.6 Å². The van der Waals surface area contributed by atoms with E-state index < -0.39 is 12.0 Å². The Morgan fingerprint density at radius 2 is 2.09 bits per heavy atom. The molecule has 0 spiro atoms. The minimum absolute atomic E-state index is 0.283. The number of amides is 2. The highest BCUT2D eigenvalue weighted by atomic mass is 35.5. The average molecular weight is 323 g/mol. The summed E-state index contributed by atoms with van der Waals surface area (Å²) < 4.78 is 5.26. The third-order valence-electron chi connectivity index (χ3n) is 3.63. The first-order valence-electron chi connectivity index (χ1n) is 7.13. The summed E-state index contributed by atoms with van der Waals surface area (Å²) in [5, 5.41) is 3.30. The number of ether oxygens (including phenoxy) is 1. The van der Waals surface area contributed by atoms with Gasteiger partial charge in [-0.25, -0.2) is 9.59 Å². The summed E-state index contributed by atoms with van der Waals surface area (Å²) in [6, 6.07) is 6.24. The zero-order valence-electron chi connectivity index (χ0n) is 12.9. The van der Waals surface area contributed by atoms with Crippen molar-refractivity contribution < 1.29 is 14.3 Å². The van der Waals surface area contributed by atoms with E-state index in [1.165, 1.54) is 4.90 Å². The maximum Gasteiger partial charge on any atom is 0.338 e. The molecule has 0 bridgehead atoms. The molecule has 1 N–H and O–H groups in total. The monoisotopic (exact) mass is 322 g/mol. The zero-order chi connectivity index (χ0) is 16.3. The molecular weight excluding hydrogens is 304 g/mol. The van der Waals surface area contributed by atoms with Gasteiger partial charge in [-0.2, -0.15) is 0 Å². The van der Waals surface area contributed by atoms with Gasteiger partial charge in [0, 0.05) is 17.8 Å². The summed E-state index contributed by atoms with van der Waals surface area (Å²) in [6.45, 7) is 3.99. The predicted molar refractivity (Wildman–Crippen MR) is 84.4 cm³/mol. The van der Waals surface area contributed by atoms with Crippen LogP contribution in [0.15, 0.2) is 35.5 Å². The molecule has 1 heterocycles. The van der Waals surface area contributed by atoms with Crippen molar-refractivity contribution in [1.82, 2.24) is 10.2 Å². The summed E-state index contributed by atoms with van der Waals surface area (Å²) in [7, 11) is 1.61. The molecule has 0 aliphatic carbocycles. The lowest BCUT2D eigenvalue weighted by atomic mass is 9.95. The van der Waals surface area contributed by atoms with Gasteiger partial charge in [0.2, 0.25) is 0 Å². The number of rotatable bonds is 4. The predicted octanol–water partition coefficient (Wildman–Crippen LogP) is 3.26. The van der Waals surface area contributed by atoms with Gasteiger partial charge in [-0.15, -0.1) is 0 Å². The number of carbonyl (C=O) groups is 2. The highest BCUT2D eigenvalue weighted by molar-refractivity contribution is 6.31. The van der Waals surface area contributed by atoms with E-state index >= 15 is 0 Å². The number of urea groups is 1. The van der Waals surface area contributed by atoms with Gasteiger partial charge in [-0.05, 0) is 25.0 Å². The molecule has 1 aromatic carbocycles. The first kappa shape index (κ1) is 16.4. The first-order valence-corrected chi connectivity index (χ1v) is 7.51. The van der Waals surface area contributed by atoms with Crippen LogP contribution in [-0.4, -0.2) is 30.6 Å². The summed E-state index contributed by atoms with van der Waals surface area (Å²) in [5.74, 6) is -0.434. The van der Waals surface area contributed by atoms with Crippen molar-refractivity contribution in [3.63, 3.8) is 0 Å². The SMILES string of the molecule is CCCOC(=O)C1=C(C)N(C)C(=O)N[C@H]1c1ccccc1Cl. The van der Waals surface area contributed by atoms with Gasteiger partial charge in [-0.3, -0.25) is 0 Å². The molecule has 0 fully saturated rings. The Kier molecular flexibility index (Phi) is 5.08. The van der Waals surface area contributed by atoms with E-state index in [9.17, 15) is 9.59 Å². The minimum atomic E-state index is -0.609. The van der Waals surface area contributed by atoms with E-state index in [2.05, 4.69) is 5.32 Å². The average Bonchev–Trinajstić information content (AvgIpc) is 2.50. The molecular formula is C16H19ClN2O3. The van der Waals surface area contributed by atoms with Crippen molar-refractivity contribution in [1.29, 1.82) is 0 Å². The number of hydrogen-bond acceptors (Lipinski definition) is 3. The van der Waals surface area contributed by atoms with E-state index in [1.807, 2.05) is 13.0 Å². The van der Waals surface area contributed by atoms with Crippen molar-refractivity contribution in [3.8, 4) is 0 Å². The molecule has 118 valence electrons. The van der Waals surface area contributed by atoms with Crippen LogP contribution in [0.1, 0.15) is 31.9 Å². The lowest BCUT2D eigenvalue weighted by Crippen LogP contribution is -2.46. The molecule has 1 atom stereocenters. The molecule has 0 unspecified atom stereocenters. The third kappa shape index (κ3) is 3.09. The first-order chi connectivity index (χ1) is 10.5. The fraction of sp³-hybridized carbons (Fsp3) is 0.375. The fourth-order valence-electron chi connectivity index (χ4n) is 2.31. The second kappa shape index (κ2) is 6.83. The smallest absolute Gasteiger partial charge is 0.338 e. The molecule has 0 aromatic heterocycles. The molecule has 1 aromatic rings. The Morgan fingerprint density at radius 3 is 2.73 bits per heavy atom. The van der Waals surface area contributed by atoms with Crippen LogP contribution in [0.3, 0.4) is 0 Å². The van der Waals surface area contributed by atoms with E-state index in [1.54, 1.807) is 32.2 Å². The van der Waals surface area contributed by atoms with Gasteiger partial charge < -0.3 is 15.0 Å². The summed E-state index contributed by atoms with van der Waals surface area (Å²) in [6.07, 6.45) is 0.733. The van der Waals surface area contributed by atoms with Crippen LogP contribution < -0.4 is 5.32 Å². The maximum atomic E-state index is 12.4. The number of nitrogens with one attached hydrogen (secondary N) is 1. The largest absolute Gasteiger partial charge is 0.462 e. The molecule has 1 aliphatic heterocycles. The number of esters is 1. The Bertz CT molecular complexity index is 628. The van der Waals surface area contributed by atoms with Crippen molar-refractivity contribution in [2.24, 2.45) is 0 Å². The molecule has 22 heavy (non-hydrogen) atoms. The lowest BCUT2D eigenvalue weighted by Gasteiger charge is -2.33. The lowest BCUT2D eigenvalue weighted by molar-refractivity contribution is -0.139. The molecule has 2 amide bonds. The molecule has 0 saturated heterocycles. The number of hydrogen-bond donors (Lipinski definition) is 1. The van der Waals surface area contributed by atoms with Crippen molar-refractivity contribution in [3.05, 3.63) is 46.1 Å². The van der Waals surface area contributed by atoms with E-state index in [0.29, 0.717) is 28.5 Å². The molecule has 6 heteroatoms. The summed E-state index contributed by atoms with van der Waals surface area (Å²) >= 11 is 6.22. The van der Waals surface area contributed by atoms with Crippen LogP contribution in [0.4, 0.5) is 4.79 Å². The Labute approximate surface area is 134 Å². The van der Waals surface area contributed by atoms with Gasteiger partial charge in [0.1, 0.15) is 0 Å². The van der Waals surface area contributed by atoms with Gasteiger partial charge in [-0.1, -0.05) is 36.7 Å². The van der Waals surface area contributed by atoms with Crippen LogP contribution in [0, 0.1) is 0 Å². The van der Waals surface area contributed by atoms with Gasteiger partial charge in [0.25, 0.3) is 0 Å². The zero-order valence-corrected chi connectivity index (χ0v) is 13.6. The van der Waals surface area contributed by atoms with Crippen molar-refractivity contribution >= 4 is 23.6 Å². The van der Waals surface area contributed by atoms with Crippen molar-refractivity contribution in [2.75, 3.05) is 13.7 Å². The molecule has 1 aliphatic rings. The second-order valence-electron chi connectivity index (χ2n) is 5.10. The second-order valence-corrected chi connectivity index (χ2v) is 5.51. The summed E-state index contributed by atoms with van der Waals surface area (Å²) in [4.78, 5) is 25.9. The Morgan fingerprint density at radius 1 is 1.41 bits per heavy atom. The van der Waals surface area contributed by atoms with Crippen LogP contribution >= 0.6 is 11.6 Å². The fourth-order valence-corrected chi connectivity index (χ4v) is 2.56. The highest BCUT2D eigenvalue weighted by Gasteiger charge is 2.35. The quantitative estimate of drug-likeness (QED) is 0.866. The standard InChI is InChI=1S/C16H19ClN2O3/c1-4-9-22-15(20)13-10(2)19(3)16(21)18-14(13)11-7-5-6-8-12(11)17/h5-8,14H,4,9H2,1-3H3,(H,18,21)/t14-/m0/s1. The third-order valence-corrected chi connectivity index (χ3v) is 3.97. The molecule has 0 saturated carbocycles. The van der Waals surface area contributed by atoms with Crippen LogP contribution in [0.2, 0.25) is 5.02 Å². The van der Waals surface area contributed by atoms with Crippen LogP contribution in [0.5, 0.6) is 0 Å². The normalized spacial score (nSPS) is 18.3. The molecule has 5 nitrogen and oxygen atoms in total. The maximum absolute atomic E-state index is 12.4. The Balaban J connectivity index is 2.48. The number of halogens is 1. The van der Waals surface area contributed by atoms with E-state index in [-0.39, 0.29) is 6.03 Å². The number of nitrogens with zero attached hydrogens (tertiary/aromatic N) is 1. The van der Waals surface area contributed by atoms with E-state index in [0.717, 1.165) is 6.42 Å². The number of allylic oxidation sites excluding steroid dienone is 1. The van der Waals surface area contributed by atoms with Gasteiger partial charge in [0.15, 0.2) is 0 Å². The molecule has 2 rings (SSSR count). The number of carbonyl (C=O) groups excluding carboxylic acids is 2. The highest BCUT2D eigenvalue weighted by Crippen LogP contribution is 2.34. The van der Waals surface area contributed by atoms with E-state index in [4.69, 9.17) is 16.3 Å².